The number of rotatable bonds is 5. The van der Waals surface area contributed by atoms with Crippen LogP contribution in [0.2, 0.25) is 0 Å². The first-order valence-electron chi connectivity index (χ1n) is 6.47. The van der Waals surface area contributed by atoms with E-state index in [1.54, 1.807) is 12.1 Å². The van der Waals surface area contributed by atoms with Crippen molar-refractivity contribution < 1.29 is 9.72 Å². The van der Waals surface area contributed by atoms with Crippen molar-refractivity contribution in [1.82, 2.24) is 4.98 Å². The van der Waals surface area contributed by atoms with Crippen LogP contribution in [0.25, 0.3) is 0 Å². The summed E-state index contributed by atoms with van der Waals surface area (Å²) in [5, 5.41) is 16.4. The van der Waals surface area contributed by atoms with Gasteiger partial charge >= 0.3 is 5.69 Å². The Kier molecular flexibility index (Phi) is 4.52. The predicted octanol–water partition coefficient (Wildman–Crippen LogP) is 2.14. The summed E-state index contributed by atoms with van der Waals surface area (Å²) in [7, 11) is 0. The van der Waals surface area contributed by atoms with Crippen LogP contribution in [-0.4, -0.2) is 15.8 Å². The number of hydrogen-bond donors (Lipinski definition) is 3. The highest BCUT2D eigenvalue weighted by atomic mass is 16.6. The number of benzene rings is 1. The van der Waals surface area contributed by atoms with Gasteiger partial charge in [0.1, 0.15) is 5.82 Å². The fourth-order valence-corrected chi connectivity index (χ4v) is 1.82. The van der Waals surface area contributed by atoms with Crippen molar-refractivity contribution in [2.24, 2.45) is 0 Å². The quantitative estimate of drug-likeness (QED) is 0.574. The number of nitrogen functional groups attached to an aromatic ring is 1. The lowest BCUT2D eigenvalue weighted by Crippen LogP contribution is -2.06. The summed E-state index contributed by atoms with van der Waals surface area (Å²) in [4.78, 5) is 24.9. The van der Waals surface area contributed by atoms with Gasteiger partial charge in [-0.1, -0.05) is 12.1 Å². The molecule has 0 radical (unpaired) electrons. The molecule has 0 aliphatic heterocycles. The van der Waals surface area contributed by atoms with Crippen LogP contribution in [-0.2, 0) is 11.3 Å². The zero-order valence-corrected chi connectivity index (χ0v) is 11.9. The lowest BCUT2D eigenvalue weighted by atomic mass is 10.2. The van der Waals surface area contributed by atoms with Crippen molar-refractivity contribution in [3.8, 4) is 0 Å². The Morgan fingerprint density at radius 3 is 2.50 bits per heavy atom. The molecule has 0 fully saturated rings. The van der Waals surface area contributed by atoms with E-state index in [1.165, 1.54) is 19.1 Å². The molecule has 1 aromatic heterocycles. The Bertz CT molecular complexity index is 700. The van der Waals surface area contributed by atoms with Crippen molar-refractivity contribution in [1.29, 1.82) is 0 Å². The first kappa shape index (κ1) is 15.2. The lowest BCUT2D eigenvalue weighted by molar-refractivity contribution is -0.384. The van der Waals surface area contributed by atoms with E-state index in [2.05, 4.69) is 15.6 Å². The molecular weight excluding hydrogens is 286 g/mol. The largest absolute Gasteiger partial charge is 0.378 e. The summed E-state index contributed by atoms with van der Waals surface area (Å²) in [6, 6.07) is 10.1. The Labute approximate surface area is 126 Å². The number of anilines is 3. The lowest BCUT2D eigenvalue weighted by Gasteiger charge is -2.08. The second-order valence-electron chi connectivity index (χ2n) is 4.59. The Morgan fingerprint density at radius 1 is 1.27 bits per heavy atom. The maximum Gasteiger partial charge on any atom is 0.311 e. The van der Waals surface area contributed by atoms with E-state index in [0.29, 0.717) is 18.1 Å². The van der Waals surface area contributed by atoms with Crippen LogP contribution in [0.1, 0.15) is 12.5 Å². The number of pyridine rings is 1. The van der Waals surface area contributed by atoms with E-state index in [9.17, 15) is 14.9 Å². The van der Waals surface area contributed by atoms with Crippen molar-refractivity contribution >= 4 is 28.9 Å². The van der Waals surface area contributed by atoms with Gasteiger partial charge in [0.2, 0.25) is 11.7 Å². The molecule has 0 saturated heterocycles. The molecule has 22 heavy (non-hydrogen) atoms. The first-order valence-corrected chi connectivity index (χ1v) is 6.47. The third-order valence-electron chi connectivity index (χ3n) is 2.85. The maximum atomic E-state index is 10.9. The molecule has 0 atom stereocenters. The number of nitrogens with two attached hydrogens (primary N) is 1. The van der Waals surface area contributed by atoms with Gasteiger partial charge in [-0.15, -0.1) is 0 Å². The Balaban J connectivity index is 1.99. The highest BCUT2D eigenvalue weighted by Crippen LogP contribution is 2.21. The molecular formula is C14H15N5O3. The number of hydrogen-bond acceptors (Lipinski definition) is 6. The smallest absolute Gasteiger partial charge is 0.311 e. The van der Waals surface area contributed by atoms with Gasteiger partial charge in [-0.05, 0) is 23.8 Å². The van der Waals surface area contributed by atoms with Crippen LogP contribution >= 0.6 is 0 Å². The van der Waals surface area contributed by atoms with Gasteiger partial charge in [0.25, 0.3) is 0 Å². The Morgan fingerprint density at radius 2 is 1.95 bits per heavy atom. The van der Waals surface area contributed by atoms with Crippen molar-refractivity contribution in [3.63, 3.8) is 0 Å². The summed E-state index contributed by atoms with van der Waals surface area (Å²) in [6.45, 7) is 1.92. The standard InChI is InChI=1S/C14H15N5O3/c1-9(20)17-11-4-2-10(3-5-11)8-16-13-7-6-12(19(21)22)14(15)18-13/h2-7H,8H2,1H3,(H,17,20)(H3,15,16,18). The predicted molar refractivity (Wildman–Crippen MR) is 83.4 cm³/mol. The summed E-state index contributed by atoms with van der Waals surface area (Å²) >= 11 is 0. The molecule has 0 bridgehead atoms. The van der Waals surface area contributed by atoms with E-state index in [0.717, 1.165) is 5.56 Å². The second-order valence-corrected chi connectivity index (χ2v) is 4.59. The molecule has 2 rings (SSSR count). The monoisotopic (exact) mass is 301 g/mol. The van der Waals surface area contributed by atoms with E-state index in [-0.39, 0.29) is 17.4 Å². The molecule has 0 spiro atoms. The number of nitrogens with zero attached hydrogens (tertiary/aromatic N) is 2. The van der Waals surface area contributed by atoms with Crippen LogP contribution in [0.15, 0.2) is 36.4 Å². The van der Waals surface area contributed by atoms with Crippen molar-refractivity contribution in [2.75, 3.05) is 16.4 Å². The topological polar surface area (TPSA) is 123 Å². The second kappa shape index (κ2) is 6.53. The minimum atomic E-state index is -0.577. The maximum absolute atomic E-state index is 10.9. The van der Waals surface area contributed by atoms with Crippen LogP contribution in [0.3, 0.4) is 0 Å². The molecule has 114 valence electrons. The minimum Gasteiger partial charge on any atom is -0.378 e. The van der Waals surface area contributed by atoms with E-state index >= 15 is 0 Å². The number of carbonyl (C=O) groups excluding carboxylic acids is 1. The summed E-state index contributed by atoms with van der Waals surface area (Å²) < 4.78 is 0. The zero-order valence-electron chi connectivity index (χ0n) is 11.9. The molecule has 1 amide bonds. The molecule has 1 aromatic carbocycles. The molecule has 8 heteroatoms. The van der Waals surface area contributed by atoms with Crippen LogP contribution in [0.4, 0.5) is 23.0 Å². The molecule has 2 aromatic rings. The number of nitrogens with one attached hydrogen (secondary N) is 2. The summed E-state index contributed by atoms with van der Waals surface area (Å²) in [5.74, 6) is 0.196. The van der Waals surface area contributed by atoms with Crippen LogP contribution < -0.4 is 16.4 Å². The fourth-order valence-electron chi connectivity index (χ4n) is 1.82. The molecule has 0 aliphatic rings. The zero-order chi connectivity index (χ0) is 16.1. The van der Waals surface area contributed by atoms with E-state index in [4.69, 9.17) is 5.73 Å². The van der Waals surface area contributed by atoms with Gasteiger partial charge < -0.3 is 16.4 Å². The number of amides is 1. The molecule has 4 N–H and O–H groups in total. The van der Waals surface area contributed by atoms with Crippen molar-refractivity contribution in [2.45, 2.75) is 13.5 Å². The SMILES string of the molecule is CC(=O)Nc1ccc(CNc2ccc([N+](=O)[O-])c(N)n2)cc1. The highest BCUT2D eigenvalue weighted by Gasteiger charge is 2.12. The van der Waals surface area contributed by atoms with E-state index < -0.39 is 4.92 Å². The molecule has 1 heterocycles. The number of nitro groups is 1. The minimum absolute atomic E-state index is 0.128. The van der Waals surface area contributed by atoms with Gasteiger partial charge in [-0.25, -0.2) is 4.98 Å². The molecule has 8 nitrogen and oxygen atoms in total. The molecule has 0 aliphatic carbocycles. The van der Waals surface area contributed by atoms with Crippen LogP contribution in [0, 0.1) is 10.1 Å². The third kappa shape index (κ3) is 3.92. The van der Waals surface area contributed by atoms with E-state index in [1.807, 2.05) is 12.1 Å². The third-order valence-corrected chi connectivity index (χ3v) is 2.85. The summed E-state index contributed by atoms with van der Waals surface area (Å²) in [5.41, 5.74) is 6.99. The summed E-state index contributed by atoms with van der Waals surface area (Å²) in [6.07, 6.45) is 0. The normalized spacial score (nSPS) is 10.0. The van der Waals surface area contributed by atoms with Gasteiger partial charge in [0, 0.05) is 25.2 Å². The average molecular weight is 301 g/mol. The number of aromatic nitrogens is 1. The van der Waals surface area contributed by atoms with Crippen molar-refractivity contribution in [3.05, 3.63) is 52.1 Å². The highest BCUT2D eigenvalue weighted by molar-refractivity contribution is 5.88. The fraction of sp³-hybridized carbons (Fsp3) is 0.143. The van der Waals surface area contributed by atoms with Crippen LogP contribution in [0.5, 0.6) is 0 Å². The van der Waals surface area contributed by atoms with Gasteiger partial charge in [-0.2, -0.15) is 0 Å². The Hall–Kier alpha value is -3.16. The van der Waals surface area contributed by atoms with Gasteiger partial charge in [-0.3, -0.25) is 14.9 Å². The first-order chi connectivity index (χ1) is 10.5. The molecule has 0 unspecified atom stereocenters. The number of carbonyl (C=O) groups is 1. The average Bonchev–Trinajstić information content (AvgIpc) is 2.45. The van der Waals surface area contributed by atoms with Gasteiger partial charge in [0.15, 0.2) is 0 Å². The van der Waals surface area contributed by atoms with Gasteiger partial charge in [0.05, 0.1) is 4.92 Å². The molecule has 0 saturated carbocycles.